The zero-order chi connectivity index (χ0) is 11.9. The van der Waals surface area contributed by atoms with Crippen LogP contribution < -0.4 is 5.32 Å². The highest BCUT2D eigenvalue weighted by molar-refractivity contribution is 6.73. The average molecular weight is 259 g/mol. The highest BCUT2D eigenvalue weighted by Crippen LogP contribution is 2.32. The molecule has 1 amide bonds. The van der Waals surface area contributed by atoms with E-state index in [1.807, 2.05) is 0 Å². The first-order valence-electron chi connectivity index (χ1n) is 4.11. The topological polar surface area (TPSA) is 78.8 Å². The number of ketones is 1. The number of hydrogen-bond donors (Lipinski definition) is 2. The van der Waals surface area contributed by atoms with Gasteiger partial charge in [0.05, 0.1) is 16.3 Å². The molecule has 1 aliphatic rings. The van der Waals surface area contributed by atoms with Crippen LogP contribution in [-0.4, -0.2) is 22.6 Å². The smallest absolute Gasteiger partial charge is 0.298 e. The second-order valence-corrected chi connectivity index (χ2v) is 3.89. The van der Waals surface area contributed by atoms with Crippen LogP contribution in [0, 0.1) is 0 Å². The van der Waals surface area contributed by atoms with Gasteiger partial charge in [-0.1, -0.05) is 28.4 Å². The molecular weight excluding hydrogens is 255 g/mol. The van der Waals surface area contributed by atoms with Gasteiger partial charge in [-0.3, -0.25) is 9.59 Å². The van der Waals surface area contributed by atoms with Crippen molar-refractivity contribution in [1.82, 2.24) is 0 Å². The van der Waals surface area contributed by atoms with E-state index in [9.17, 15) is 9.59 Å². The van der Waals surface area contributed by atoms with Crippen LogP contribution >= 0.6 is 23.2 Å². The average Bonchev–Trinajstić information content (AvgIpc) is 2.20. The molecule has 0 atom stereocenters. The minimum absolute atomic E-state index is 0.128. The van der Waals surface area contributed by atoms with E-state index in [4.69, 9.17) is 28.4 Å². The highest BCUT2D eigenvalue weighted by atomic mass is 35.5. The van der Waals surface area contributed by atoms with E-state index in [0.29, 0.717) is 5.02 Å². The molecule has 1 aromatic carbocycles. The number of hydrogen-bond acceptors (Lipinski definition) is 4. The van der Waals surface area contributed by atoms with E-state index in [2.05, 4.69) is 10.5 Å². The summed E-state index contributed by atoms with van der Waals surface area (Å²) in [6.45, 7) is 0. The van der Waals surface area contributed by atoms with Gasteiger partial charge in [-0.2, -0.15) is 0 Å². The standard InChI is InChI=1S/C9H4Cl2N2O3/c10-3-1-4(11)6-5(2-3)12-9(15)8(14)7(6)13-16/h1-2,16H,(H,12,15). The minimum atomic E-state index is -0.945. The van der Waals surface area contributed by atoms with E-state index in [1.165, 1.54) is 12.1 Å². The molecular formula is C9H4Cl2N2O3. The van der Waals surface area contributed by atoms with Crippen molar-refractivity contribution in [3.05, 3.63) is 27.7 Å². The Bertz CT molecular complexity index is 540. The molecule has 0 bridgehead atoms. The quantitative estimate of drug-likeness (QED) is 0.422. The van der Waals surface area contributed by atoms with Crippen LogP contribution in [-0.2, 0) is 9.59 Å². The monoisotopic (exact) mass is 258 g/mol. The Morgan fingerprint density at radius 3 is 2.56 bits per heavy atom. The van der Waals surface area contributed by atoms with E-state index in [0.717, 1.165) is 0 Å². The van der Waals surface area contributed by atoms with Crippen molar-refractivity contribution in [2.75, 3.05) is 5.32 Å². The molecule has 2 N–H and O–H groups in total. The molecule has 0 saturated carbocycles. The number of fused-ring (bicyclic) bond motifs is 1. The highest BCUT2D eigenvalue weighted by Gasteiger charge is 2.32. The molecule has 0 unspecified atom stereocenters. The number of Topliss-reactive ketones (excluding diaryl/α,β-unsaturated/α-hetero) is 1. The zero-order valence-electron chi connectivity index (χ0n) is 7.62. The molecule has 7 heteroatoms. The molecule has 1 aliphatic heterocycles. The number of benzene rings is 1. The number of nitrogens with one attached hydrogen (secondary N) is 1. The molecule has 82 valence electrons. The van der Waals surface area contributed by atoms with Crippen LogP contribution in [0.2, 0.25) is 10.0 Å². The Labute approximate surface area is 99.6 Å². The fraction of sp³-hybridized carbons (Fsp3) is 0. The van der Waals surface area contributed by atoms with Gasteiger partial charge < -0.3 is 10.5 Å². The van der Waals surface area contributed by atoms with Gasteiger partial charge in [0.25, 0.3) is 11.7 Å². The maximum atomic E-state index is 11.4. The maximum absolute atomic E-state index is 11.4. The molecule has 0 saturated heterocycles. The summed E-state index contributed by atoms with van der Waals surface area (Å²) in [6.07, 6.45) is 0. The number of carbonyl (C=O) groups is 2. The lowest BCUT2D eigenvalue weighted by molar-refractivity contribution is -0.131. The summed E-state index contributed by atoms with van der Waals surface area (Å²) >= 11 is 11.6. The van der Waals surface area contributed by atoms with Crippen LogP contribution in [0.3, 0.4) is 0 Å². The predicted octanol–water partition coefficient (Wildman–Crippen LogP) is 1.69. The molecule has 1 aromatic rings. The predicted molar refractivity (Wildman–Crippen MR) is 58.4 cm³/mol. The Morgan fingerprint density at radius 1 is 1.25 bits per heavy atom. The summed E-state index contributed by atoms with van der Waals surface area (Å²) < 4.78 is 0. The summed E-state index contributed by atoms with van der Waals surface area (Å²) in [5.41, 5.74) is 0.0217. The van der Waals surface area contributed by atoms with Crippen molar-refractivity contribution in [3.8, 4) is 0 Å². The molecule has 0 aromatic heterocycles. The number of nitrogens with zero attached hydrogens (tertiary/aromatic N) is 1. The van der Waals surface area contributed by atoms with E-state index in [-0.39, 0.29) is 22.0 Å². The van der Waals surface area contributed by atoms with Gasteiger partial charge in [0.1, 0.15) is 0 Å². The summed E-state index contributed by atoms with van der Waals surface area (Å²) in [5, 5.41) is 14.2. The van der Waals surface area contributed by atoms with E-state index < -0.39 is 11.7 Å². The number of anilines is 1. The van der Waals surface area contributed by atoms with Crippen molar-refractivity contribution in [2.45, 2.75) is 0 Å². The van der Waals surface area contributed by atoms with Crippen LogP contribution in [0.5, 0.6) is 0 Å². The Kier molecular flexibility index (Phi) is 2.57. The molecule has 5 nitrogen and oxygen atoms in total. The summed E-state index contributed by atoms with van der Waals surface area (Å²) in [4.78, 5) is 22.6. The molecule has 0 spiro atoms. The Balaban J connectivity index is 2.74. The van der Waals surface area contributed by atoms with Gasteiger partial charge in [-0.05, 0) is 12.1 Å². The van der Waals surface area contributed by atoms with Crippen LogP contribution in [0.1, 0.15) is 5.56 Å². The van der Waals surface area contributed by atoms with Crippen molar-refractivity contribution in [3.63, 3.8) is 0 Å². The normalized spacial score (nSPS) is 17.2. The van der Waals surface area contributed by atoms with Gasteiger partial charge in [-0.25, -0.2) is 0 Å². The van der Waals surface area contributed by atoms with Crippen molar-refractivity contribution in [1.29, 1.82) is 0 Å². The number of halogens is 2. The van der Waals surface area contributed by atoms with Crippen molar-refractivity contribution in [2.24, 2.45) is 5.16 Å². The lowest BCUT2D eigenvalue weighted by atomic mass is 10.00. The third kappa shape index (κ3) is 1.54. The number of carbonyl (C=O) groups excluding carboxylic acids is 2. The van der Waals surface area contributed by atoms with E-state index >= 15 is 0 Å². The maximum Gasteiger partial charge on any atom is 0.298 e. The fourth-order valence-corrected chi connectivity index (χ4v) is 1.99. The minimum Gasteiger partial charge on any atom is -0.410 e. The summed E-state index contributed by atoms with van der Waals surface area (Å²) in [7, 11) is 0. The van der Waals surface area contributed by atoms with Gasteiger partial charge in [0.2, 0.25) is 0 Å². The Hall–Kier alpha value is -1.59. The summed E-state index contributed by atoms with van der Waals surface area (Å²) in [5.74, 6) is -1.84. The lowest BCUT2D eigenvalue weighted by Crippen LogP contribution is -2.36. The van der Waals surface area contributed by atoms with Gasteiger partial charge in [0, 0.05) is 5.02 Å². The zero-order valence-corrected chi connectivity index (χ0v) is 9.13. The first kappa shape index (κ1) is 10.9. The van der Waals surface area contributed by atoms with Gasteiger partial charge in [-0.15, -0.1) is 0 Å². The first-order valence-corrected chi connectivity index (χ1v) is 4.87. The number of rotatable bonds is 0. The van der Waals surface area contributed by atoms with Crippen LogP contribution in [0.15, 0.2) is 17.3 Å². The molecule has 1 heterocycles. The fourth-order valence-electron chi connectivity index (χ4n) is 1.41. The molecule has 0 aliphatic carbocycles. The Morgan fingerprint density at radius 2 is 1.94 bits per heavy atom. The van der Waals surface area contributed by atoms with Crippen LogP contribution in [0.4, 0.5) is 5.69 Å². The SMILES string of the molecule is O=C1Nc2cc(Cl)cc(Cl)c2C(=NO)C1=O. The number of amides is 1. The second kappa shape index (κ2) is 3.77. The van der Waals surface area contributed by atoms with E-state index in [1.54, 1.807) is 0 Å². The van der Waals surface area contributed by atoms with Crippen molar-refractivity contribution >= 4 is 46.3 Å². The largest absolute Gasteiger partial charge is 0.410 e. The molecule has 2 rings (SSSR count). The second-order valence-electron chi connectivity index (χ2n) is 3.04. The molecule has 16 heavy (non-hydrogen) atoms. The van der Waals surface area contributed by atoms with Gasteiger partial charge >= 0.3 is 0 Å². The molecule has 0 fully saturated rings. The molecule has 0 radical (unpaired) electrons. The first-order chi connectivity index (χ1) is 7.54. The lowest BCUT2D eigenvalue weighted by Gasteiger charge is -2.17. The van der Waals surface area contributed by atoms with Crippen LogP contribution in [0.25, 0.3) is 0 Å². The van der Waals surface area contributed by atoms with Crippen molar-refractivity contribution < 1.29 is 14.8 Å². The third-order valence-electron chi connectivity index (χ3n) is 2.06. The number of oxime groups is 1. The van der Waals surface area contributed by atoms with Gasteiger partial charge in [0.15, 0.2) is 5.71 Å². The summed E-state index contributed by atoms with van der Waals surface area (Å²) in [6, 6.07) is 2.80. The third-order valence-corrected chi connectivity index (χ3v) is 2.58.